The normalized spacial score (nSPS) is 7.84. The lowest BCUT2D eigenvalue weighted by Gasteiger charge is -2.11. The number of nitrogens with zero attached hydrogens (tertiary/aromatic N) is 1. The first-order valence-corrected chi connectivity index (χ1v) is 47.6. The Balaban J connectivity index is -0.000000100. The van der Waals surface area contributed by atoms with Crippen LogP contribution in [0.25, 0.3) is 89.0 Å². The molecule has 0 fully saturated rings. The third-order valence-electron chi connectivity index (χ3n) is 13.2. The summed E-state index contributed by atoms with van der Waals surface area (Å²) in [6, 6.07) is 110. The highest BCUT2D eigenvalue weighted by atomic mass is 32.1. The quantitative estimate of drug-likeness (QED) is 0.127. The fraction of sp³-hybridized carbons (Fsp3) is 0.353. The van der Waals surface area contributed by atoms with Gasteiger partial charge >= 0.3 is 0 Å². The Morgan fingerprint density at radius 2 is 0.480 bits per heavy atom. The highest BCUT2D eigenvalue weighted by Gasteiger charge is 2.08. The van der Waals surface area contributed by atoms with E-state index in [0.717, 1.165) is 16.9 Å². The molecule has 11 aromatic carbocycles. The molecule has 15 rings (SSSR count). The Kier molecular flexibility index (Phi) is 138. The van der Waals surface area contributed by atoms with Crippen molar-refractivity contribution < 1.29 is 8.83 Å². The fourth-order valence-corrected chi connectivity index (χ4v) is 9.53. The van der Waals surface area contributed by atoms with E-state index in [0.29, 0.717) is 0 Å². The summed E-state index contributed by atoms with van der Waals surface area (Å²) in [4.78, 5) is 5.17. The van der Waals surface area contributed by atoms with Crippen LogP contribution in [0.2, 0.25) is 0 Å². The molecule has 0 amide bonds. The van der Waals surface area contributed by atoms with E-state index in [1.54, 1.807) is 30.0 Å². The van der Waals surface area contributed by atoms with Crippen molar-refractivity contribution in [2.75, 3.05) is 0 Å². The maximum atomic E-state index is 5.65. The number of hydrogen-bond donors (Lipinski definition) is 0. The zero-order chi connectivity index (χ0) is 94.9. The van der Waals surface area contributed by atoms with Crippen molar-refractivity contribution in [2.45, 2.75) is 292 Å². The molecule has 4 aromatic heterocycles. The Morgan fingerprint density at radius 1 is 0.228 bits per heavy atom. The predicted molar refractivity (Wildman–Crippen MR) is 586 cm³/mol. The SMILES string of the molecule is C.C.C(=C\c1ccccc1)/c1ccccc1.CC.CC.CC.CC.CC.CC.CC.CC.CC.CC.CC.CC.CC.CC.CC.CC.CC.CC.CC.Cc1ccco1.Cc1cccs1.c1ccc(-c2cc(-c3ccccc3)cc(-c3ccccc3)c2)cc1.c1ccc2c(c1)ccc1ccccc12.c1ccc2c(c1)oc1ccccc12.c1ccncc1. The van der Waals surface area contributed by atoms with Crippen molar-refractivity contribution in [2.24, 2.45) is 0 Å². The number of aryl methyl sites for hydroxylation is 2. The first-order chi connectivity index (χ1) is 60.0. The standard InChI is InChI=1S/C24H18.C14H10.C14H12.C12H8O.C5H5N.C5H6O.C5H6S.19C2H6.2CH4/c1-4-10-19(11-5-1)22-16-23(20-12-6-2-7-13-20)18-24(17-22)21-14-8-3-9-15-21;1-3-7-13-11(5-1)9-10-12-6-2-4-8-14(12)13;1-3-7-13(8-4-1)11-12-14-9-5-2-6-10-14;1-3-7-11-9(5-1)10-6-2-4-8-12(10)13-11;1-2-4-6-5-3-1;2*1-5-3-2-4-6-5;19*1-2;;/h1-18H;1-10H;1-12H;1-8H;1-5H;2*2-4H,1H3;19*1-2H3;2*1H4/b;;12-11+;;;;;;;;;;;;;;;;;;;;;;;;;. The maximum Gasteiger partial charge on any atom is 0.135 e. The minimum Gasteiger partial charge on any atom is -0.470 e. The largest absolute Gasteiger partial charge is 0.470 e. The molecule has 0 aliphatic carbocycles. The van der Waals surface area contributed by atoms with Crippen LogP contribution < -0.4 is 0 Å². The van der Waals surface area contributed by atoms with Gasteiger partial charge in [-0.05, 0) is 146 Å². The van der Waals surface area contributed by atoms with E-state index in [1.807, 2.05) is 373 Å². The smallest absolute Gasteiger partial charge is 0.135 e. The van der Waals surface area contributed by atoms with Crippen LogP contribution in [-0.4, -0.2) is 4.98 Å². The lowest BCUT2D eigenvalue weighted by Crippen LogP contribution is -1.85. The summed E-state index contributed by atoms with van der Waals surface area (Å²) >= 11 is 1.78. The van der Waals surface area contributed by atoms with Crippen molar-refractivity contribution in [1.82, 2.24) is 4.98 Å². The van der Waals surface area contributed by atoms with E-state index >= 15 is 0 Å². The minimum absolute atomic E-state index is 0. The number of benzene rings is 11. The minimum atomic E-state index is 0. The van der Waals surface area contributed by atoms with Gasteiger partial charge in [-0.3, -0.25) is 4.98 Å². The van der Waals surface area contributed by atoms with E-state index in [2.05, 4.69) is 248 Å². The van der Waals surface area contributed by atoms with Gasteiger partial charge in [-0.2, -0.15) is 0 Å². The van der Waals surface area contributed by atoms with Gasteiger partial charge in [-0.1, -0.05) is 551 Å². The molecular weight excluding hydrogens is 1510 g/mol. The number of pyridine rings is 1. The number of thiophene rings is 1. The molecule has 0 saturated heterocycles. The second kappa shape index (κ2) is 120. The van der Waals surface area contributed by atoms with E-state index in [9.17, 15) is 0 Å². The zero-order valence-corrected chi connectivity index (χ0v) is 85.6. The Bertz CT molecular complexity index is 3900. The van der Waals surface area contributed by atoms with Gasteiger partial charge in [0.25, 0.3) is 0 Å². The molecule has 0 radical (unpaired) electrons. The molecule has 123 heavy (non-hydrogen) atoms. The zero-order valence-electron chi connectivity index (χ0n) is 84.7. The number of furan rings is 2. The molecular formula is C119H187NO2S. The average Bonchev–Trinajstić information content (AvgIpc) is 1.75. The molecule has 4 heterocycles. The number of hydrogen-bond acceptors (Lipinski definition) is 4. The number of fused-ring (bicyclic) bond motifs is 6. The summed E-state index contributed by atoms with van der Waals surface area (Å²) < 4.78 is 10.5. The van der Waals surface area contributed by atoms with Gasteiger partial charge in [-0.15, -0.1) is 11.3 Å². The van der Waals surface area contributed by atoms with Gasteiger partial charge in [-0.25, -0.2) is 0 Å². The first-order valence-electron chi connectivity index (χ1n) is 46.7. The van der Waals surface area contributed by atoms with E-state index < -0.39 is 0 Å². The molecule has 4 heteroatoms. The molecule has 0 N–H and O–H groups in total. The highest BCUT2D eigenvalue weighted by molar-refractivity contribution is 7.09. The second-order valence-electron chi connectivity index (χ2n) is 19.1. The van der Waals surface area contributed by atoms with E-state index in [-0.39, 0.29) is 14.9 Å². The summed E-state index contributed by atoms with van der Waals surface area (Å²) in [6.45, 7) is 80.0. The Labute approximate surface area is 768 Å². The van der Waals surface area contributed by atoms with Crippen LogP contribution >= 0.6 is 11.3 Å². The molecule has 686 valence electrons. The maximum absolute atomic E-state index is 5.65. The number of para-hydroxylation sites is 2. The fourth-order valence-electron chi connectivity index (χ4n) is 9.00. The molecule has 15 aromatic rings. The molecule has 0 aliphatic heterocycles. The van der Waals surface area contributed by atoms with Gasteiger partial charge in [0.05, 0.1) is 6.26 Å². The van der Waals surface area contributed by atoms with Crippen LogP contribution in [0.5, 0.6) is 0 Å². The summed E-state index contributed by atoms with van der Waals surface area (Å²) in [5.41, 5.74) is 11.9. The third-order valence-corrected chi connectivity index (χ3v) is 14.0. The molecule has 0 atom stereocenters. The van der Waals surface area contributed by atoms with E-state index in [4.69, 9.17) is 8.83 Å². The third kappa shape index (κ3) is 68.8. The van der Waals surface area contributed by atoms with Crippen molar-refractivity contribution in [3.63, 3.8) is 0 Å². The Hall–Kier alpha value is -10.4. The summed E-state index contributed by atoms with van der Waals surface area (Å²) in [6.07, 6.45) is 9.40. The van der Waals surface area contributed by atoms with Crippen LogP contribution in [0.1, 0.15) is 300 Å². The second-order valence-corrected chi connectivity index (χ2v) is 20.3. The van der Waals surface area contributed by atoms with Crippen LogP contribution in [0, 0.1) is 13.8 Å². The van der Waals surface area contributed by atoms with Crippen LogP contribution in [-0.2, 0) is 0 Å². The van der Waals surface area contributed by atoms with Crippen LogP contribution in [0.15, 0.2) is 354 Å². The summed E-state index contributed by atoms with van der Waals surface area (Å²) in [7, 11) is 0. The first kappa shape index (κ1) is 141. The Morgan fingerprint density at radius 3 is 0.691 bits per heavy atom. The van der Waals surface area contributed by atoms with Gasteiger partial charge in [0.2, 0.25) is 0 Å². The van der Waals surface area contributed by atoms with Crippen molar-refractivity contribution in [1.29, 1.82) is 0 Å². The predicted octanol–water partition coefficient (Wildman–Crippen LogP) is 43.6. The average molecular weight is 1700 g/mol. The monoisotopic (exact) mass is 1690 g/mol. The number of aromatic nitrogens is 1. The van der Waals surface area contributed by atoms with Gasteiger partial charge in [0, 0.05) is 28.0 Å². The van der Waals surface area contributed by atoms with Crippen molar-refractivity contribution in [3.05, 3.63) is 367 Å². The van der Waals surface area contributed by atoms with Crippen molar-refractivity contribution >= 4 is 67.0 Å². The molecule has 0 spiro atoms. The topological polar surface area (TPSA) is 39.2 Å². The summed E-state index contributed by atoms with van der Waals surface area (Å²) in [5, 5.41) is 9.76. The molecule has 0 aliphatic rings. The lowest BCUT2D eigenvalue weighted by molar-refractivity contribution is 0.534. The van der Waals surface area contributed by atoms with Crippen molar-refractivity contribution in [3.8, 4) is 33.4 Å². The molecule has 0 saturated carbocycles. The molecule has 0 unspecified atom stereocenters. The van der Waals surface area contributed by atoms with E-state index in [1.165, 1.54) is 81.7 Å². The number of rotatable bonds is 5. The highest BCUT2D eigenvalue weighted by Crippen LogP contribution is 2.33. The van der Waals surface area contributed by atoms with Gasteiger partial charge in [0.15, 0.2) is 0 Å². The summed E-state index contributed by atoms with van der Waals surface area (Å²) in [5.74, 6) is 0.968. The van der Waals surface area contributed by atoms with Gasteiger partial charge in [0.1, 0.15) is 16.9 Å². The molecule has 0 bridgehead atoms. The van der Waals surface area contributed by atoms with Gasteiger partial charge < -0.3 is 8.83 Å². The lowest BCUT2D eigenvalue weighted by atomic mass is 9.93. The molecule has 3 nitrogen and oxygen atoms in total. The van der Waals surface area contributed by atoms with Crippen LogP contribution in [0.3, 0.4) is 0 Å². The van der Waals surface area contributed by atoms with Crippen LogP contribution in [0.4, 0.5) is 0 Å².